The van der Waals surface area contributed by atoms with Crippen molar-refractivity contribution in [3.63, 3.8) is 0 Å². The Bertz CT molecular complexity index is 8180. The molecular formula is C111H116F6N22O8. The summed E-state index contributed by atoms with van der Waals surface area (Å²) in [6.45, 7) is 47.0. The van der Waals surface area contributed by atoms with E-state index in [0.29, 0.717) is 180 Å². The number of nitrogens with zero attached hydrogens (tertiary/aromatic N) is 19. The van der Waals surface area contributed by atoms with E-state index in [1.54, 1.807) is 64.6 Å². The minimum Gasteiger partial charge on any atom is -0.486 e. The second-order valence-electron chi connectivity index (χ2n) is 41.0. The van der Waals surface area contributed by atoms with Crippen molar-refractivity contribution in [1.82, 2.24) is 88.2 Å². The number of pyridine rings is 3. The van der Waals surface area contributed by atoms with Crippen LogP contribution in [0.15, 0.2) is 145 Å². The summed E-state index contributed by atoms with van der Waals surface area (Å²) in [5.74, 6) is -7.27. The summed E-state index contributed by atoms with van der Waals surface area (Å²) < 4.78 is 114. The summed E-state index contributed by atoms with van der Waals surface area (Å²) >= 11 is 0. The molecule has 147 heavy (non-hydrogen) atoms. The number of aryl methyl sites for hydroxylation is 3. The van der Waals surface area contributed by atoms with Gasteiger partial charge in [-0.1, -0.05) is 121 Å². The highest BCUT2D eigenvalue weighted by Crippen LogP contribution is 2.52. The van der Waals surface area contributed by atoms with Crippen LogP contribution in [0.3, 0.4) is 0 Å². The maximum absolute atomic E-state index is 17.8. The zero-order valence-corrected chi connectivity index (χ0v) is 85.5. The van der Waals surface area contributed by atoms with E-state index in [2.05, 4.69) is 84.4 Å². The molecule has 9 aromatic heterocycles. The molecule has 21 rings (SSSR count). The number of carbonyl (C=O) groups is 4. The summed E-state index contributed by atoms with van der Waals surface area (Å²) in [6, 6.07) is 12.5. The molecule has 36 heteroatoms. The van der Waals surface area contributed by atoms with Gasteiger partial charge in [0.2, 0.25) is 23.5 Å². The molecule has 0 saturated carbocycles. The molecule has 0 spiro atoms. The maximum atomic E-state index is 17.8. The van der Waals surface area contributed by atoms with E-state index < -0.39 is 64.0 Å². The highest BCUT2D eigenvalue weighted by molar-refractivity contribution is 6.14. The van der Waals surface area contributed by atoms with Gasteiger partial charge in [0.05, 0.1) is 173 Å². The largest absolute Gasteiger partial charge is 0.486 e. The summed E-state index contributed by atoms with van der Waals surface area (Å²) in [4.78, 5) is 159. The monoisotopic (exact) mass is 2000 g/mol. The third kappa shape index (κ3) is 16.2. The van der Waals surface area contributed by atoms with Crippen LogP contribution in [-0.2, 0) is 25.6 Å². The molecule has 6 unspecified atom stereocenters. The quantitative estimate of drug-likeness (QED) is 0.0634. The molecule has 6 aliphatic heterocycles. The Labute approximate surface area is 843 Å². The molecule has 30 nitrogen and oxygen atoms in total. The minimum atomic E-state index is -0.962. The topological polar surface area (TPSA) is 330 Å². The van der Waals surface area contributed by atoms with Crippen LogP contribution in [0.2, 0.25) is 0 Å². The molecule has 4 amide bonds. The van der Waals surface area contributed by atoms with Crippen LogP contribution in [0, 0.1) is 55.7 Å². The first kappa shape index (κ1) is 100. The van der Waals surface area contributed by atoms with E-state index in [-0.39, 0.29) is 169 Å². The molecule has 6 aliphatic rings. The second-order valence-corrected chi connectivity index (χ2v) is 41.0. The van der Waals surface area contributed by atoms with E-state index in [9.17, 15) is 19.2 Å². The van der Waals surface area contributed by atoms with Crippen molar-refractivity contribution in [2.75, 3.05) is 72.5 Å². The van der Waals surface area contributed by atoms with Gasteiger partial charge in [0.15, 0.2) is 17.5 Å². The number of nitrogens with one attached hydrogen (secondary N) is 3. The summed E-state index contributed by atoms with van der Waals surface area (Å²) in [7, 11) is 1.48. The number of hydrogen-bond acceptors (Lipinski definition) is 20. The molecule has 6 atom stereocenters. The van der Waals surface area contributed by atoms with Crippen LogP contribution in [-0.4, -0.2) is 201 Å². The third-order valence-electron chi connectivity index (χ3n) is 29.8. The van der Waals surface area contributed by atoms with Gasteiger partial charge in [0.25, 0.3) is 22.6 Å². The van der Waals surface area contributed by atoms with Crippen molar-refractivity contribution in [2.24, 2.45) is 0 Å². The zero-order chi connectivity index (χ0) is 105. The van der Waals surface area contributed by atoms with Gasteiger partial charge >= 0.3 is 0 Å². The van der Waals surface area contributed by atoms with E-state index >= 15 is 40.7 Å². The van der Waals surface area contributed by atoms with Gasteiger partial charge in [-0.15, -0.1) is 0 Å². The van der Waals surface area contributed by atoms with Gasteiger partial charge in [0.1, 0.15) is 48.2 Å². The Morgan fingerprint density at radius 2 is 0.721 bits per heavy atom. The number of carbonyl (C=O) groups excluding carboxylic acids is 4. The minimum absolute atomic E-state index is 0.00361. The number of benzene rings is 6. The lowest BCUT2D eigenvalue weighted by Crippen LogP contribution is -2.66. The second kappa shape index (κ2) is 38.5. The van der Waals surface area contributed by atoms with Gasteiger partial charge < -0.3 is 54.0 Å². The van der Waals surface area contributed by atoms with E-state index in [1.165, 1.54) is 100 Å². The number of aromatic nitrogens is 15. The van der Waals surface area contributed by atoms with Gasteiger partial charge in [-0.25, -0.2) is 71.2 Å². The van der Waals surface area contributed by atoms with Gasteiger partial charge in [-0.2, -0.15) is 0 Å². The van der Waals surface area contributed by atoms with Crippen molar-refractivity contribution >= 4 is 112 Å². The molecule has 6 aromatic carbocycles. The Morgan fingerprint density at radius 3 is 1.09 bits per heavy atom. The Balaban J connectivity index is 0.000000139. The van der Waals surface area contributed by atoms with Gasteiger partial charge in [-0.05, 0) is 161 Å². The van der Waals surface area contributed by atoms with Crippen molar-refractivity contribution in [2.45, 2.75) is 216 Å². The number of aromatic amines is 3. The van der Waals surface area contributed by atoms with E-state index in [1.807, 2.05) is 121 Å². The third-order valence-corrected chi connectivity index (χ3v) is 29.8. The average molecular weight is 2000 g/mol. The predicted octanol–water partition coefficient (Wildman–Crippen LogP) is 19.0. The fourth-order valence-electron chi connectivity index (χ4n) is 22.8. The smallest absolute Gasteiger partial charge is 0.300 e. The maximum Gasteiger partial charge on any atom is 0.300 e. The lowest BCUT2D eigenvalue weighted by atomic mass is 9.89. The molecule has 0 aliphatic carbocycles. The van der Waals surface area contributed by atoms with E-state index in [4.69, 9.17) is 4.74 Å². The first-order chi connectivity index (χ1) is 70.2. The van der Waals surface area contributed by atoms with Crippen molar-refractivity contribution in [3.8, 4) is 56.2 Å². The number of ether oxygens (including phenoxy) is 1. The van der Waals surface area contributed by atoms with Crippen LogP contribution < -0.4 is 41.0 Å². The SMILES string of the molecule is C=CC(=O)N1CC2C(=O)N(C)c3c(c4cc(F)c(-c5c(C)ccc6[nH]cnc56)c(F)c4n(-c4c(C(C)C)ncnc4C(C)C)c3=O)N2CC1C.C=CC(=O)N1CC2CCOc3c(c4cc(F)c(-c5c(C)ccc6[nH]cnc56)c(F)c4n(-c4c(C(C)C)ncnc4C(C)C)c3=O)N2CC1C.C=CC(=O)N1CC2CCc3c(c4cc(F)c(-c5c(C)ccc6[nH]cnc56)c(F)c4n(-c4c(C(C)C)ncnc4C(C)C)c3=O)N2CC1C. The number of H-pyrrole nitrogens is 3. The van der Waals surface area contributed by atoms with Gasteiger partial charge in [-0.3, -0.25) is 47.3 Å². The van der Waals surface area contributed by atoms with Crippen LogP contribution >= 0.6 is 0 Å². The fraction of sp³-hybridized carbons (Fsp3) is 0.369. The number of amides is 4. The summed E-state index contributed by atoms with van der Waals surface area (Å²) in [5.41, 5.74) is 8.88. The lowest BCUT2D eigenvalue weighted by molar-refractivity contribution is -0.131. The van der Waals surface area contributed by atoms with E-state index in [0.717, 1.165) is 0 Å². The fourth-order valence-corrected chi connectivity index (χ4v) is 22.8. The Hall–Kier alpha value is -15.5. The molecule has 3 fully saturated rings. The molecule has 0 radical (unpaired) electrons. The number of imidazole rings is 3. The number of likely N-dealkylation sites (N-methyl/N-ethyl adjacent to an activating group) is 1. The van der Waals surface area contributed by atoms with Crippen LogP contribution in [0.1, 0.15) is 209 Å². The molecular weight excluding hydrogens is 1880 g/mol. The number of piperazine rings is 3. The first-order valence-electron chi connectivity index (χ1n) is 49.8. The predicted molar refractivity (Wildman–Crippen MR) is 559 cm³/mol. The standard InChI is InChI=1S/C37H38F2N8O3.C37H39F2N7O3.C37H39F2N7O2/c1-9-25(48)45-14-24-36(49)44(8)35-33(46(24)13-20(45)7)21-12-22(38)27(26-19(6)10-11-23-31(26)43-15-40-23)28(39)32(21)47(37(35)50)34-29(17(2)3)41-16-42-30(34)18(4)5;1-8-26(47)44-15-22-11-12-49-36-34(45(22)14-21(44)7)23-13-24(38)28(27-20(6)9-10-25-32(27)43-16-40-25)29(39)33(23)46(37(36)48)35-30(18(2)3)41-17-42-31(35)19(4)5;1-8-27(47)44-15-22-10-11-23-34(45(22)14-21(44)7)24-13-25(38)29(28-20(6)9-12-26-33(28)43-16-40-26)30(39)35(24)46(37(23)48)36-31(18(2)3)41-17-42-32(36)19(4)5/h9-12,15-18,20,24H,1,13-14H2,2-8H3,(H,40,43);8-10,13,16-19,21-22H,1,11-12,14-15H2,2-7H3,(H,40,43);8-9,12-13,16-19,21-22H,1,10-11,14-15H2,2-7H3,(H,40,43). The summed E-state index contributed by atoms with van der Waals surface area (Å²) in [6.07, 6.45) is 14.1. The highest BCUT2D eigenvalue weighted by atomic mass is 19.2. The first-order valence-corrected chi connectivity index (χ1v) is 49.8. The highest BCUT2D eigenvalue weighted by Gasteiger charge is 2.49. The normalized spacial score (nSPS) is 17.7. The molecule has 15 aromatic rings. The lowest BCUT2D eigenvalue weighted by Gasteiger charge is -2.50. The molecule has 0 bridgehead atoms. The van der Waals surface area contributed by atoms with Crippen LogP contribution in [0.5, 0.6) is 5.75 Å². The van der Waals surface area contributed by atoms with Crippen molar-refractivity contribution < 1.29 is 50.3 Å². The number of fused-ring (bicyclic) bond motifs is 18. The number of hydrogen-bond donors (Lipinski definition) is 3. The van der Waals surface area contributed by atoms with Crippen molar-refractivity contribution in [3.05, 3.63) is 253 Å². The molecule has 760 valence electrons. The Kier molecular flexibility index (Phi) is 26.2. The Morgan fingerprint density at radius 1 is 0.395 bits per heavy atom. The summed E-state index contributed by atoms with van der Waals surface area (Å²) in [5, 5.41) is 0.568. The number of halogens is 6. The van der Waals surface area contributed by atoms with Crippen LogP contribution in [0.4, 0.5) is 49.1 Å². The number of anilines is 4. The van der Waals surface area contributed by atoms with Gasteiger partial charge in [0, 0.05) is 109 Å². The average Bonchev–Trinajstić information content (AvgIpc) is 1.36. The molecule has 15 heterocycles. The molecule has 3 saturated heterocycles. The van der Waals surface area contributed by atoms with Crippen LogP contribution in [0.25, 0.3) is 116 Å². The number of rotatable bonds is 15. The van der Waals surface area contributed by atoms with Crippen molar-refractivity contribution in [1.29, 1.82) is 0 Å². The zero-order valence-electron chi connectivity index (χ0n) is 85.5. The molecule has 3 N–H and O–H groups in total.